The zero-order chi connectivity index (χ0) is 14.0. The van der Waals surface area contributed by atoms with Gasteiger partial charge in [0.2, 0.25) is 5.91 Å². The predicted molar refractivity (Wildman–Crippen MR) is 74.6 cm³/mol. The summed E-state index contributed by atoms with van der Waals surface area (Å²) >= 11 is 6.02. The Kier molecular flexibility index (Phi) is 3.85. The Morgan fingerprint density at radius 1 is 1.42 bits per heavy atom. The first-order valence-corrected chi connectivity index (χ1v) is 6.33. The molecule has 1 N–H and O–H groups in total. The summed E-state index contributed by atoms with van der Waals surface area (Å²) in [6.07, 6.45) is 5.12. The molecule has 2 heterocycles. The molecule has 100 valence electrons. The van der Waals surface area contributed by atoms with Crippen LogP contribution >= 0.6 is 11.6 Å². The highest BCUT2D eigenvalue weighted by molar-refractivity contribution is 6.32. The minimum Gasteiger partial charge on any atom is -0.322 e. The van der Waals surface area contributed by atoms with E-state index in [1.807, 2.05) is 26.8 Å². The summed E-state index contributed by atoms with van der Waals surface area (Å²) in [6, 6.07) is 1.93. The minimum atomic E-state index is -0.111. The monoisotopic (exact) mass is 278 g/mol. The number of nitrogens with zero attached hydrogens (tertiary/aromatic N) is 3. The Morgan fingerprint density at radius 3 is 2.79 bits per heavy atom. The van der Waals surface area contributed by atoms with Crippen LogP contribution in [0.15, 0.2) is 24.7 Å². The van der Waals surface area contributed by atoms with Gasteiger partial charge in [-0.1, -0.05) is 25.4 Å². The Labute approximate surface area is 116 Å². The summed E-state index contributed by atoms with van der Waals surface area (Å²) in [7, 11) is 0. The number of carbonyl (C=O) groups is 1. The molecule has 5 nitrogen and oxygen atoms in total. The molecule has 0 spiro atoms. The first kappa shape index (κ1) is 13.5. The van der Waals surface area contributed by atoms with E-state index in [-0.39, 0.29) is 17.0 Å². The van der Waals surface area contributed by atoms with Gasteiger partial charge in [0.25, 0.3) is 0 Å². The number of carbonyl (C=O) groups excluding carboxylic acids is 1. The molecule has 0 radical (unpaired) electrons. The van der Waals surface area contributed by atoms with E-state index in [0.29, 0.717) is 5.69 Å². The second-order valence-corrected chi connectivity index (χ2v) is 5.00. The van der Waals surface area contributed by atoms with Crippen molar-refractivity contribution < 1.29 is 4.79 Å². The Hall–Kier alpha value is -1.88. The van der Waals surface area contributed by atoms with Crippen LogP contribution in [0.4, 0.5) is 5.69 Å². The lowest BCUT2D eigenvalue weighted by molar-refractivity contribution is -0.118. The molecule has 0 fully saturated rings. The van der Waals surface area contributed by atoms with E-state index < -0.39 is 0 Å². The van der Waals surface area contributed by atoms with Crippen LogP contribution in [-0.2, 0) is 4.79 Å². The van der Waals surface area contributed by atoms with Crippen molar-refractivity contribution in [1.29, 1.82) is 0 Å². The molecule has 2 aromatic rings. The van der Waals surface area contributed by atoms with Gasteiger partial charge in [0.1, 0.15) is 0 Å². The average Bonchev–Trinajstić information content (AvgIpc) is 2.71. The summed E-state index contributed by atoms with van der Waals surface area (Å²) in [6.45, 7) is 5.58. The molecule has 0 unspecified atom stereocenters. The molecule has 1 amide bonds. The largest absolute Gasteiger partial charge is 0.322 e. The highest BCUT2D eigenvalue weighted by Gasteiger charge is 2.13. The van der Waals surface area contributed by atoms with Gasteiger partial charge >= 0.3 is 0 Å². The molecule has 6 heteroatoms. The van der Waals surface area contributed by atoms with Gasteiger partial charge in [-0.3, -0.25) is 9.78 Å². The molecule has 0 saturated heterocycles. The molecule has 19 heavy (non-hydrogen) atoms. The van der Waals surface area contributed by atoms with Crippen molar-refractivity contribution in [1.82, 2.24) is 14.8 Å². The Morgan fingerprint density at radius 2 is 2.16 bits per heavy atom. The fraction of sp³-hybridized carbons (Fsp3) is 0.308. The number of aryl methyl sites for hydroxylation is 1. The second-order valence-electron chi connectivity index (χ2n) is 4.64. The van der Waals surface area contributed by atoms with E-state index in [4.69, 9.17) is 11.6 Å². The number of aromatic nitrogens is 3. The van der Waals surface area contributed by atoms with Gasteiger partial charge in [0.05, 0.1) is 23.8 Å². The predicted octanol–water partition coefficient (Wildman–Crippen LogP) is 2.82. The highest BCUT2D eigenvalue weighted by Crippen LogP contribution is 2.22. The van der Waals surface area contributed by atoms with Gasteiger partial charge in [-0.2, -0.15) is 5.10 Å². The number of amides is 1. The number of hydrogen-bond acceptors (Lipinski definition) is 3. The summed E-state index contributed by atoms with van der Waals surface area (Å²) in [4.78, 5) is 15.7. The van der Waals surface area contributed by atoms with E-state index in [1.54, 1.807) is 23.3 Å². The van der Waals surface area contributed by atoms with Crippen LogP contribution in [0.1, 0.15) is 19.4 Å². The standard InChI is InChI=1S/C13H15ClN4O/c1-8(2)13(19)16-11-7-18(17-12(11)14)10-4-9(3)5-15-6-10/h4-8H,1-3H3,(H,16,19). The topological polar surface area (TPSA) is 59.8 Å². The van der Waals surface area contributed by atoms with Crippen molar-refractivity contribution in [3.63, 3.8) is 0 Å². The van der Waals surface area contributed by atoms with E-state index in [1.165, 1.54) is 0 Å². The average molecular weight is 279 g/mol. The van der Waals surface area contributed by atoms with Crippen LogP contribution in [-0.4, -0.2) is 20.7 Å². The van der Waals surface area contributed by atoms with Crippen LogP contribution in [0.25, 0.3) is 5.69 Å². The normalized spacial score (nSPS) is 10.8. The Bertz CT molecular complexity index is 606. The van der Waals surface area contributed by atoms with Crippen molar-refractivity contribution in [2.45, 2.75) is 20.8 Å². The first-order chi connectivity index (χ1) is 8.97. The number of halogens is 1. The van der Waals surface area contributed by atoms with E-state index in [0.717, 1.165) is 11.3 Å². The van der Waals surface area contributed by atoms with Crippen LogP contribution in [0.2, 0.25) is 5.15 Å². The van der Waals surface area contributed by atoms with Crippen LogP contribution in [0.5, 0.6) is 0 Å². The second kappa shape index (κ2) is 5.40. The zero-order valence-electron chi connectivity index (χ0n) is 11.0. The fourth-order valence-corrected chi connectivity index (χ4v) is 1.69. The van der Waals surface area contributed by atoms with Crippen molar-refractivity contribution in [3.05, 3.63) is 35.4 Å². The van der Waals surface area contributed by atoms with Crippen molar-refractivity contribution >= 4 is 23.2 Å². The smallest absolute Gasteiger partial charge is 0.227 e. The minimum absolute atomic E-state index is 0.0937. The molecule has 0 aliphatic heterocycles. The van der Waals surface area contributed by atoms with Gasteiger partial charge in [-0.15, -0.1) is 0 Å². The highest BCUT2D eigenvalue weighted by atomic mass is 35.5. The molecular formula is C13H15ClN4O. The molecule has 0 aromatic carbocycles. The maximum Gasteiger partial charge on any atom is 0.227 e. The molecule has 0 aliphatic rings. The fourth-order valence-electron chi connectivity index (χ4n) is 1.51. The van der Waals surface area contributed by atoms with Crippen molar-refractivity contribution in [2.24, 2.45) is 5.92 Å². The SMILES string of the molecule is Cc1cncc(-n2cc(NC(=O)C(C)C)c(Cl)n2)c1. The number of hydrogen-bond donors (Lipinski definition) is 1. The molecule has 0 saturated carbocycles. The van der Waals surface area contributed by atoms with Gasteiger partial charge in [0, 0.05) is 12.1 Å². The van der Waals surface area contributed by atoms with Crippen molar-refractivity contribution in [3.8, 4) is 5.69 Å². The molecule has 2 aromatic heterocycles. The molecular weight excluding hydrogens is 264 g/mol. The lowest BCUT2D eigenvalue weighted by Gasteiger charge is -2.04. The molecule has 0 bridgehead atoms. The van der Waals surface area contributed by atoms with Gasteiger partial charge in [-0.05, 0) is 18.6 Å². The molecule has 0 aliphatic carbocycles. The third kappa shape index (κ3) is 3.12. The van der Waals surface area contributed by atoms with Crippen LogP contribution in [0.3, 0.4) is 0 Å². The van der Waals surface area contributed by atoms with E-state index in [2.05, 4.69) is 15.4 Å². The Balaban J connectivity index is 2.28. The number of rotatable bonds is 3. The number of nitrogens with one attached hydrogen (secondary N) is 1. The quantitative estimate of drug-likeness (QED) is 0.939. The maximum atomic E-state index is 11.6. The lowest BCUT2D eigenvalue weighted by Crippen LogP contribution is -2.17. The zero-order valence-corrected chi connectivity index (χ0v) is 11.8. The van der Waals surface area contributed by atoms with Crippen LogP contribution < -0.4 is 5.32 Å². The van der Waals surface area contributed by atoms with Gasteiger partial charge < -0.3 is 5.32 Å². The third-order valence-corrected chi connectivity index (χ3v) is 2.86. The first-order valence-electron chi connectivity index (χ1n) is 5.95. The van der Waals surface area contributed by atoms with E-state index in [9.17, 15) is 4.79 Å². The number of pyridine rings is 1. The summed E-state index contributed by atoms with van der Waals surface area (Å²) in [5, 5.41) is 7.16. The number of anilines is 1. The molecule has 0 atom stereocenters. The van der Waals surface area contributed by atoms with Gasteiger partial charge in [-0.25, -0.2) is 4.68 Å². The van der Waals surface area contributed by atoms with Gasteiger partial charge in [0.15, 0.2) is 5.15 Å². The van der Waals surface area contributed by atoms with Crippen LogP contribution in [0, 0.1) is 12.8 Å². The lowest BCUT2D eigenvalue weighted by atomic mass is 10.2. The summed E-state index contributed by atoms with van der Waals surface area (Å²) in [5.74, 6) is -0.205. The van der Waals surface area contributed by atoms with Crippen molar-refractivity contribution in [2.75, 3.05) is 5.32 Å². The summed E-state index contributed by atoms with van der Waals surface area (Å²) < 4.78 is 1.60. The maximum absolute atomic E-state index is 11.6. The van der Waals surface area contributed by atoms with E-state index >= 15 is 0 Å². The summed E-state index contributed by atoms with van der Waals surface area (Å²) in [5.41, 5.74) is 2.32. The molecule has 2 rings (SSSR count). The third-order valence-electron chi connectivity index (χ3n) is 2.58.